The quantitative estimate of drug-likeness (QED) is 0.375. The fraction of sp³-hybridized carbons (Fsp3) is 0.357. The van der Waals surface area contributed by atoms with E-state index in [2.05, 4.69) is 0 Å². The first-order valence-corrected chi connectivity index (χ1v) is 6.31. The molecule has 19 heavy (non-hydrogen) atoms. The van der Waals surface area contributed by atoms with Gasteiger partial charge in [0, 0.05) is 31.3 Å². The number of allylic oxidation sites excluding steroid dienone is 1. The summed E-state index contributed by atoms with van der Waals surface area (Å²) in [5.41, 5.74) is 7.73. The van der Waals surface area contributed by atoms with Gasteiger partial charge in [-0.1, -0.05) is 30.3 Å². The van der Waals surface area contributed by atoms with E-state index >= 15 is 0 Å². The number of nitrogens with zero attached hydrogens (tertiary/aromatic N) is 1. The van der Waals surface area contributed by atoms with Crippen LogP contribution in [0.3, 0.4) is 0 Å². The largest absolute Gasteiger partial charge is 0.481 e. The van der Waals surface area contributed by atoms with Gasteiger partial charge in [-0.15, -0.1) is 0 Å². The van der Waals surface area contributed by atoms with Crippen LogP contribution in [0.4, 0.5) is 0 Å². The van der Waals surface area contributed by atoms with Crippen molar-refractivity contribution >= 4 is 5.97 Å². The maximum Gasteiger partial charge on any atom is 0.303 e. The van der Waals surface area contributed by atoms with Crippen molar-refractivity contribution in [1.29, 1.82) is 0 Å². The smallest absolute Gasteiger partial charge is 0.303 e. The normalized spacial score (nSPS) is 11.3. The summed E-state index contributed by atoms with van der Waals surface area (Å²) >= 11 is 0. The minimum atomic E-state index is -0.775. The van der Waals surface area contributed by atoms with Crippen molar-refractivity contribution in [3.05, 3.63) is 47.8 Å². The summed E-state index contributed by atoms with van der Waals surface area (Å²) in [7, 11) is 0. The zero-order chi connectivity index (χ0) is 14.1. The van der Waals surface area contributed by atoms with Crippen LogP contribution in [-0.4, -0.2) is 22.6 Å². The molecule has 0 aliphatic carbocycles. The van der Waals surface area contributed by atoms with Crippen LogP contribution in [0.1, 0.15) is 24.8 Å². The SMILES string of the molecule is N/C(=C\N(N)CCCCC(=O)O)Cc1ccccc1. The first-order valence-electron chi connectivity index (χ1n) is 6.31. The van der Waals surface area contributed by atoms with Crippen LogP contribution in [0, 0.1) is 0 Å². The molecule has 0 saturated heterocycles. The summed E-state index contributed by atoms with van der Waals surface area (Å²) in [6.07, 6.45) is 3.89. The van der Waals surface area contributed by atoms with Crippen LogP contribution in [0.15, 0.2) is 42.2 Å². The predicted octanol–water partition coefficient (Wildman–Crippen LogP) is 1.46. The second kappa shape index (κ2) is 8.16. The number of carbonyl (C=O) groups is 1. The van der Waals surface area contributed by atoms with Gasteiger partial charge < -0.3 is 15.8 Å². The van der Waals surface area contributed by atoms with Crippen molar-refractivity contribution in [2.45, 2.75) is 25.7 Å². The first kappa shape index (κ1) is 15.0. The predicted molar refractivity (Wildman–Crippen MR) is 74.8 cm³/mol. The van der Waals surface area contributed by atoms with Crippen molar-refractivity contribution in [1.82, 2.24) is 5.01 Å². The van der Waals surface area contributed by atoms with Crippen LogP contribution < -0.4 is 11.6 Å². The Hall–Kier alpha value is -2.01. The summed E-state index contributed by atoms with van der Waals surface area (Å²) in [6, 6.07) is 9.91. The molecule has 0 bridgehead atoms. The summed E-state index contributed by atoms with van der Waals surface area (Å²) in [5, 5.41) is 10.0. The lowest BCUT2D eigenvalue weighted by molar-refractivity contribution is -0.137. The molecule has 0 heterocycles. The topological polar surface area (TPSA) is 92.6 Å². The van der Waals surface area contributed by atoms with Gasteiger partial charge in [-0.2, -0.15) is 0 Å². The summed E-state index contributed by atoms with van der Waals surface area (Å²) in [4.78, 5) is 10.3. The van der Waals surface area contributed by atoms with Crippen molar-refractivity contribution in [3.8, 4) is 0 Å². The van der Waals surface area contributed by atoms with Crippen molar-refractivity contribution in [3.63, 3.8) is 0 Å². The molecule has 1 rings (SSSR count). The average molecular weight is 263 g/mol. The van der Waals surface area contributed by atoms with Gasteiger partial charge in [0.1, 0.15) is 0 Å². The monoisotopic (exact) mass is 263 g/mol. The molecule has 1 aromatic carbocycles. The lowest BCUT2D eigenvalue weighted by Crippen LogP contribution is -2.28. The van der Waals surface area contributed by atoms with E-state index in [1.807, 2.05) is 30.3 Å². The van der Waals surface area contributed by atoms with Crippen molar-refractivity contribution < 1.29 is 9.90 Å². The Kier molecular flexibility index (Phi) is 6.46. The Balaban J connectivity index is 2.30. The van der Waals surface area contributed by atoms with E-state index in [9.17, 15) is 4.79 Å². The molecule has 1 aromatic rings. The summed E-state index contributed by atoms with van der Waals surface area (Å²) < 4.78 is 0. The molecule has 5 N–H and O–H groups in total. The number of nitrogens with two attached hydrogens (primary N) is 2. The second-order valence-electron chi connectivity index (χ2n) is 4.46. The molecular formula is C14H21N3O2. The highest BCUT2D eigenvalue weighted by Crippen LogP contribution is 2.04. The van der Waals surface area contributed by atoms with E-state index in [4.69, 9.17) is 16.7 Å². The molecular weight excluding hydrogens is 242 g/mol. The number of carboxylic acid groups (broad SMARTS) is 1. The number of aliphatic carboxylic acids is 1. The molecule has 0 atom stereocenters. The molecule has 0 unspecified atom stereocenters. The number of hydrogen-bond acceptors (Lipinski definition) is 4. The Morgan fingerprint density at radius 1 is 1.26 bits per heavy atom. The molecule has 5 nitrogen and oxygen atoms in total. The van der Waals surface area contributed by atoms with E-state index in [0.717, 1.165) is 12.0 Å². The van der Waals surface area contributed by atoms with Gasteiger partial charge >= 0.3 is 5.97 Å². The molecule has 0 fully saturated rings. The Morgan fingerprint density at radius 2 is 1.95 bits per heavy atom. The molecule has 0 aromatic heterocycles. The maximum absolute atomic E-state index is 10.3. The Morgan fingerprint density at radius 3 is 2.58 bits per heavy atom. The Labute approximate surface area is 113 Å². The fourth-order valence-corrected chi connectivity index (χ4v) is 1.73. The molecule has 0 aliphatic heterocycles. The third-order valence-corrected chi connectivity index (χ3v) is 2.64. The van der Waals surface area contributed by atoms with Crippen LogP contribution in [-0.2, 0) is 11.2 Å². The maximum atomic E-state index is 10.3. The van der Waals surface area contributed by atoms with Gasteiger partial charge in [0.25, 0.3) is 0 Å². The standard InChI is InChI=1S/C14H21N3O2/c15-13(10-12-6-2-1-3-7-12)11-17(16)9-5-4-8-14(18)19/h1-3,6-7,11H,4-5,8-10,15-16H2,(H,18,19)/b13-11-. The molecule has 104 valence electrons. The number of rotatable bonds is 8. The van der Waals surface area contributed by atoms with Crippen LogP contribution in [0.25, 0.3) is 0 Å². The third-order valence-electron chi connectivity index (χ3n) is 2.64. The molecule has 5 heteroatoms. The van der Waals surface area contributed by atoms with Gasteiger partial charge in [0.2, 0.25) is 0 Å². The highest BCUT2D eigenvalue weighted by Gasteiger charge is 2.00. The van der Waals surface area contributed by atoms with Crippen LogP contribution in [0.5, 0.6) is 0 Å². The van der Waals surface area contributed by atoms with Crippen molar-refractivity contribution in [2.24, 2.45) is 11.6 Å². The van der Waals surface area contributed by atoms with E-state index in [1.165, 1.54) is 5.01 Å². The lowest BCUT2D eigenvalue weighted by atomic mass is 10.1. The molecule has 0 saturated carbocycles. The summed E-state index contributed by atoms with van der Waals surface area (Å²) in [5.74, 6) is 5.00. The van der Waals surface area contributed by atoms with Crippen LogP contribution >= 0.6 is 0 Å². The van der Waals surface area contributed by atoms with E-state index in [-0.39, 0.29) is 6.42 Å². The highest BCUT2D eigenvalue weighted by atomic mass is 16.4. The molecule has 0 amide bonds. The van der Waals surface area contributed by atoms with Gasteiger partial charge in [-0.25, -0.2) is 5.84 Å². The van der Waals surface area contributed by atoms with Gasteiger partial charge in [0.15, 0.2) is 0 Å². The number of hydrogen-bond donors (Lipinski definition) is 3. The molecule has 0 aliphatic rings. The second-order valence-corrected chi connectivity index (χ2v) is 4.46. The van der Waals surface area contributed by atoms with E-state index in [0.29, 0.717) is 25.1 Å². The van der Waals surface area contributed by atoms with Gasteiger partial charge in [0.05, 0.1) is 0 Å². The average Bonchev–Trinajstić information content (AvgIpc) is 2.35. The number of benzene rings is 1. The Bertz CT molecular complexity index is 418. The zero-order valence-corrected chi connectivity index (χ0v) is 11.0. The zero-order valence-electron chi connectivity index (χ0n) is 11.0. The third kappa shape index (κ3) is 7.10. The molecule has 0 radical (unpaired) electrons. The van der Waals surface area contributed by atoms with Crippen LogP contribution in [0.2, 0.25) is 0 Å². The number of unbranched alkanes of at least 4 members (excludes halogenated alkanes) is 1. The first-order chi connectivity index (χ1) is 9.08. The van der Waals surface area contributed by atoms with E-state index < -0.39 is 5.97 Å². The minimum absolute atomic E-state index is 0.178. The molecule has 0 spiro atoms. The number of hydrazine groups is 1. The summed E-state index contributed by atoms with van der Waals surface area (Å²) in [6.45, 7) is 0.600. The highest BCUT2D eigenvalue weighted by molar-refractivity contribution is 5.66. The van der Waals surface area contributed by atoms with Gasteiger partial charge in [-0.05, 0) is 18.4 Å². The van der Waals surface area contributed by atoms with E-state index in [1.54, 1.807) is 6.20 Å². The lowest BCUT2D eigenvalue weighted by Gasteiger charge is -2.14. The van der Waals surface area contributed by atoms with Crippen molar-refractivity contribution in [2.75, 3.05) is 6.54 Å². The number of carboxylic acids is 1. The fourth-order valence-electron chi connectivity index (χ4n) is 1.73. The minimum Gasteiger partial charge on any atom is -0.481 e. The van der Waals surface area contributed by atoms with Gasteiger partial charge in [-0.3, -0.25) is 4.79 Å².